The Morgan fingerprint density at radius 1 is 1.23 bits per heavy atom. The Bertz CT molecular complexity index is 1190. The zero-order valence-electron chi connectivity index (χ0n) is 17.1. The first-order chi connectivity index (χ1) is 15.1. The second-order valence-corrected chi connectivity index (χ2v) is 7.24. The zero-order chi connectivity index (χ0) is 21.8. The number of H-pyrrole nitrogens is 1. The number of aromatic amines is 1. The van der Waals surface area contributed by atoms with Gasteiger partial charge in [-0.15, -0.1) is 0 Å². The molecule has 0 amide bonds. The minimum atomic E-state index is -0.740. The Kier molecular flexibility index (Phi) is 5.83. The van der Waals surface area contributed by atoms with Gasteiger partial charge in [0.15, 0.2) is 0 Å². The molecule has 1 fully saturated rings. The maximum atomic E-state index is 12.4. The molecule has 9 heteroatoms. The summed E-state index contributed by atoms with van der Waals surface area (Å²) in [6.45, 7) is 0.715. The summed E-state index contributed by atoms with van der Waals surface area (Å²) in [5.41, 5.74) is -0.103. The third-order valence-corrected chi connectivity index (χ3v) is 5.33. The summed E-state index contributed by atoms with van der Waals surface area (Å²) in [7, 11) is 1.53. The molecule has 3 aromatic rings. The minimum absolute atomic E-state index is 0.0346. The number of nitrogens with one attached hydrogen (secondary N) is 1. The van der Waals surface area contributed by atoms with E-state index in [0.29, 0.717) is 18.0 Å². The fourth-order valence-corrected chi connectivity index (χ4v) is 3.72. The molecule has 0 aliphatic carbocycles. The Labute approximate surface area is 178 Å². The van der Waals surface area contributed by atoms with Crippen molar-refractivity contribution in [2.24, 2.45) is 5.10 Å². The third kappa shape index (κ3) is 4.20. The Balaban J connectivity index is 1.70. The summed E-state index contributed by atoms with van der Waals surface area (Å²) in [5.74, 6) is 0.131. The van der Waals surface area contributed by atoms with Crippen LogP contribution in [0.2, 0.25) is 0 Å². The van der Waals surface area contributed by atoms with Gasteiger partial charge in [0.05, 0.1) is 25.1 Å². The maximum absolute atomic E-state index is 12.4. The van der Waals surface area contributed by atoms with E-state index in [1.54, 1.807) is 30.5 Å². The van der Waals surface area contributed by atoms with Crippen molar-refractivity contribution < 1.29 is 9.84 Å². The molecular weight excluding hydrogens is 398 g/mol. The summed E-state index contributed by atoms with van der Waals surface area (Å²) >= 11 is 0. The van der Waals surface area contributed by atoms with Crippen molar-refractivity contribution in [2.75, 3.05) is 13.7 Å². The van der Waals surface area contributed by atoms with Crippen LogP contribution < -0.4 is 16.0 Å². The number of ether oxygens (including phenoxy) is 1. The van der Waals surface area contributed by atoms with Gasteiger partial charge in [0.2, 0.25) is 5.88 Å². The van der Waals surface area contributed by atoms with E-state index in [9.17, 15) is 14.7 Å². The van der Waals surface area contributed by atoms with Crippen LogP contribution in [-0.4, -0.2) is 44.5 Å². The maximum Gasteiger partial charge on any atom is 0.335 e. The number of rotatable bonds is 5. The fourth-order valence-electron chi connectivity index (χ4n) is 3.72. The number of aromatic nitrogens is 3. The fraction of sp³-hybridized carbons (Fsp3) is 0.273. The Morgan fingerprint density at radius 3 is 2.74 bits per heavy atom. The predicted octanol–water partition coefficient (Wildman–Crippen LogP) is 2.20. The molecule has 1 aromatic carbocycles. The van der Waals surface area contributed by atoms with Crippen LogP contribution in [0, 0.1) is 0 Å². The molecule has 1 atom stereocenters. The molecule has 0 unspecified atom stereocenters. The van der Waals surface area contributed by atoms with Crippen LogP contribution in [-0.2, 0) is 0 Å². The summed E-state index contributed by atoms with van der Waals surface area (Å²) in [4.78, 5) is 31.2. The summed E-state index contributed by atoms with van der Waals surface area (Å²) in [6, 6.07) is 10.5. The van der Waals surface area contributed by atoms with Crippen LogP contribution in [0.4, 0.5) is 0 Å². The molecule has 1 saturated heterocycles. The van der Waals surface area contributed by atoms with Gasteiger partial charge in [0.1, 0.15) is 11.3 Å². The van der Waals surface area contributed by atoms with Crippen LogP contribution in [0.15, 0.2) is 63.5 Å². The smallest absolute Gasteiger partial charge is 0.335 e. The molecule has 1 aliphatic rings. The Morgan fingerprint density at radius 2 is 2.03 bits per heavy atom. The molecule has 9 nitrogen and oxygen atoms in total. The quantitative estimate of drug-likeness (QED) is 0.611. The van der Waals surface area contributed by atoms with E-state index < -0.39 is 17.1 Å². The molecule has 4 rings (SSSR count). The number of nitrogens with zero attached hydrogens (tertiary/aromatic N) is 4. The predicted molar refractivity (Wildman–Crippen MR) is 116 cm³/mol. The molecule has 1 aliphatic heterocycles. The molecule has 2 aromatic heterocycles. The number of pyridine rings is 1. The standard InChI is InChI=1S/C22H23N5O4/c1-31-17-9-7-16(8-10-17)27-21(29)18(20(28)25-22(27)30)14-24-26-12-3-2-6-19(26)15-5-4-11-23-13-15/h4-5,7-11,13-14,19,29H,2-3,6,12H2,1H3,(H,25,28,30)/b24-14+/t19-/m1/s1. The highest BCUT2D eigenvalue weighted by atomic mass is 16.5. The van der Waals surface area contributed by atoms with Crippen molar-refractivity contribution in [3.63, 3.8) is 0 Å². The van der Waals surface area contributed by atoms with E-state index in [1.807, 2.05) is 23.3 Å². The number of hydrazone groups is 1. The minimum Gasteiger partial charge on any atom is -0.497 e. The highest BCUT2D eigenvalue weighted by Gasteiger charge is 2.23. The lowest BCUT2D eigenvalue weighted by Crippen LogP contribution is -2.32. The lowest BCUT2D eigenvalue weighted by Gasteiger charge is -2.33. The van der Waals surface area contributed by atoms with Crippen LogP contribution in [0.25, 0.3) is 5.69 Å². The Hall–Kier alpha value is -3.88. The monoisotopic (exact) mass is 421 g/mol. The van der Waals surface area contributed by atoms with Gasteiger partial charge in [-0.1, -0.05) is 6.07 Å². The molecule has 0 bridgehead atoms. The van der Waals surface area contributed by atoms with Gasteiger partial charge >= 0.3 is 5.69 Å². The lowest BCUT2D eigenvalue weighted by atomic mass is 9.98. The van der Waals surface area contributed by atoms with Crippen molar-refractivity contribution in [3.8, 4) is 17.3 Å². The van der Waals surface area contributed by atoms with Crippen molar-refractivity contribution in [1.82, 2.24) is 19.5 Å². The molecule has 3 heterocycles. The van der Waals surface area contributed by atoms with Gasteiger partial charge < -0.3 is 9.84 Å². The summed E-state index contributed by atoms with van der Waals surface area (Å²) in [5, 5.41) is 17.1. The van der Waals surface area contributed by atoms with Gasteiger partial charge in [0.25, 0.3) is 5.56 Å². The van der Waals surface area contributed by atoms with Crippen LogP contribution in [0.5, 0.6) is 11.6 Å². The second kappa shape index (κ2) is 8.86. The first-order valence-corrected chi connectivity index (χ1v) is 10.0. The number of hydrogen-bond acceptors (Lipinski definition) is 7. The molecular formula is C22H23N5O4. The number of hydrogen-bond donors (Lipinski definition) is 2. The van der Waals surface area contributed by atoms with Gasteiger partial charge in [-0.3, -0.25) is 19.8 Å². The van der Waals surface area contributed by atoms with E-state index in [2.05, 4.69) is 15.1 Å². The van der Waals surface area contributed by atoms with Gasteiger partial charge in [-0.2, -0.15) is 5.10 Å². The first-order valence-electron chi connectivity index (χ1n) is 10.0. The lowest BCUT2D eigenvalue weighted by molar-refractivity contribution is 0.156. The average molecular weight is 421 g/mol. The normalized spacial score (nSPS) is 16.5. The van der Waals surface area contributed by atoms with E-state index >= 15 is 0 Å². The van der Waals surface area contributed by atoms with E-state index in [4.69, 9.17) is 4.74 Å². The number of piperidine rings is 1. The molecule has 0 spiro atoms. The number of benzene rings is 1. The van der Waals surface area contributed by atoms with Gasteiger partial charge in [0, 0.05) is 18.9 Å². The summed E-state index contributed by atoms with van der Waals surface area (Å²) in [6.07, 6.45) is 7.80. The number of aromatic hydroxyl groups is 1. The third-order valence-electron chi connectivity index (χ3n) is 5.33. The van der Waals surface area contributed by atoms with Gasteiger partial charge in [-0.05, 0) is 55.2 Å². The van der Waals surface area contributed by atoms with E-state index in [-0.39, 0.29) is 11.6 Å². The van der Waals surface area contributed by atoms with E-state index in [0.717, 1.165) is 29.4 Å². The second-order valence-electron chi connectivity index (χ2n) is 7.24. The molecule has 31 heavy (non-hydrogen) atoms. The highest BCUT2D eigenvalue weighted by molar-refractivity contribution is 5.82. The van der Waals surface area contributed by atoms with Crippen LogP contribution >= 0.6 is 0 Å². The van der Waals surface area contributed by atoms with Crippen molar-refractivity contribution >= 4 is 6.21 Å². The number of methoxy groups -OCH3 is 1. The molecule has 0 radical (unpaired) electrons. The van der Waals surface area contributed by atoms with Crippen molar-refractivity contribution in [2.45, 2.75) is 25.3 Å². The van der Waals surface area contributed by atoms with Gasteiger partial charge in [-0.25, -0.2) is 9.36 Å². The molecule has 2 N–H and O–H groups in total. The first kappa shape index (κ1) is 20.4. The van der Waals surface area contributed by atoms with Crippen LogP contribution in [0.3, 0.4) is 0 Å². The zero-order valence-corrected chi connectivity index (χ0v) is 17.1. The molecule has 160 valence electrons. The van der Waals surface area contributed by atoms with Crippen molar-refractivity contribution in [3.05, 3.63) is 80.8 Å². The molecule has 0 saturated carbocycles. The van der Waals surface area contributed by atoms with E-state index in [1.165, 1.54) is 13.3 Å². The van der Waals surface area contributed by atoms with Crippen LogP contribution in [0.1, 0.15) is 36.4 Å². The highest BCUT2D eigenvalue weighted by Crippen LogP contribution is 2.30. The topological polar surface area (TPSA) is 113 Å². The largest absolute Gasteiger partial charge is 0.497 e. The average Bonchev–Trinajstić information content (AvgIpc) is 2.80. The van der Waals surface area contributed by atoms with Crippen molar-refractivity contribution in [1.29, 1.82) is 0 Å². The summed E-state index contributed by atoms with van der Waals surface area (Å²) < 4.78 is 6.15. The SMILES string of the molecule is COc1ccc(-n2c(O)c(/C=N/N3CCCC[C@@H]3c3cccnc3)c(=O)[nH]c2=O)cc1.